The quantitative estimate of drug-likeness (QED) is 0.782. The van der Waals surface area contributed by atoms with E-state index in [1.165, 1.54) is 0 Å². The first kappa shape index (κ1) is 17.0. The first-order valence-electron chi connectivity index (χ1n) is 7.29. The smallest absolute Gasteiger partial charge is 0.245 e. The number of nitrogens with zero attached hydrogens (tertiary/aromatic N) is 1. The van der Waals surface area contributed by atoms with E-state index in [0.717, 1.165) is 10.0 Å². The summed E-state index contributed by atoms with van der Waals surface area (Å²) in [4.78, 5) is 26.4. The second-order valence-corrected chi connectivity index (χ2v) is 6.55. The molecule has 5 nitrogen and oxygen atoms in total. The third-order valence-corrected chi connectivity index (χ3v) is 4.53. The van der Waals surface area contributed by atoms with Crippen molar-refractivity contribution in [3.63, 3.8) is 0 Å². The normalized spacial score (nSPS) is 21.2. The number of carbonyl (C=O) groups excluding carboxylic acids is 2. The zero-order chi connectivity index (χ0) is 16.2. The number of halogens is 1. The summed E-state index contributed by atoms with van der Waals surface area (Å²) in [6, 6.07) is 7.79. The number of rotatable bonds is 6. The third-order valence-electron chi connectivity index (χ3n) is 4.03. The van der Waals surface area contributed by atoms with Crippen molar-refractivity contribution in [2.75, 3.05) is 20.3 Å². The number of carbonyl (C=O) groups is 2. The first-order chi connectivity index (χ1) is 10.5. The fourth-order valence-electron chi connectivity index (χ4n) is 2.67. The van der Waals surface area contributed by atoms with Crippen LogP contribution in [0.4, 0.5) is 0 Å². The maximum atomic E-state index is 12.5. The maximum absolute atomic E-state index is 12.5. The van der Waals surface area contributed by atoms with Crippen LogP contribution in [0.5, 0.6) is 0 Å². The average molecular weight is 369 g/mol. The Kier molecular flexibility index (Phi) is 5.58. The molecule has 22 heavy (non-hydrogen) atoms. The monoisotopic (exact) mass is 368 g/mol. The molecule has 2 rings (SSSR count). The Morgan fingerprint density at radius 2 is 2.27 bits per heavy atom. The van der Waals surface area contributed by atoms with Crippen molar-refractivity contribution in [1.82, 2.24) is 10.2 Å². The maximum Gasteiger partial charge on any atom is 0.245 e. The molecule has 1 atom stereocenters. The molecule has 0 saturated carbocycles. The standard InChI is InChI=1S/C16H21BrN2O3/c1-16(15(21)18-8-9-22-2)7-6-14(20)19(16)11-12-4-3-5-13(17)10-12/h3-5,10H,6-9,11H2,1-2H3,(H,18,21)/t16-/m1/s1. The highest BCUT2D eigenvalue weighted by atomic mass is 79.9. The Morgan fingerprint density at radius 3 is 2.95 bits per heavy atom. The Labute approximate surface area is 139 Å². The minimum Gasteiger partial charge on any atom is -0.383 e. The molecular weight excluding hydrogens is 348 g/mol. The van der Waals surface area contributed by atoms with Crippen LogP contribution >= 0.6 is 15.9 Å². The van der Waals surface area contributed by atoms with Crippen LogP contribution in [0.2, 0.25) is 0 Å². The lowest BCUT2D eigenvalue weighted by molar-refractivity contribution is -0.141. The molecule has 1 aromatic rings. The lowest BCUT2D eigenvalue weighted by Gasteiger charge is -2.34. The molecule has 1 aromatic carbocycles. The van der Waals surface area contributed by atoms with E-state index in [1.54, 1.807) is 12.0 Å². The predicted octanol–water partition coefficient (Wildman–Crippen LogP) is 2.09. The van der Waals surface area contributed by atoms with Gasteiger partial charge < -0.3 is 15.0 Å². The van der Waals surface area contributed by atoms with Crippen molar-refractivity contribution in [3.8, 4) is 0 Å². The molecule has 1 saturated heterocycles. The number of nitrogens with one attached hydrogen (secondary N) is 1. The number of benzene rings is 1. The molecule has 1 fully saturated rings. The largest absolute Gasteiger partial charge is 0.383 e. The average Bonchev–Trinajstić information content (AvgIpc) is 2.77. The van der Waals surface area contributed by atoms with E-state index < -0.39 is 5.54 Å². The fraction of sp³-hybridized carbons (Fsp3) is 0.500. The highest BCUT2D eigenvalue weighted by Gasteiger charge is 2.46. The van der Waals surface area contributed by atoms with E-state index >= 15 is 0 Å². The third kappa shape index (κ3) is 3.67. The molecule has 6 heteroatoms. The van der Waals surface area contributed by atoms with Crippen molar-refractivity contribution >= 4 is 27.7 Å². The minimum atomic E-state index is -0.798. The van der Waals surface area contributed by atoms with E-state index in [4.69, 9.17) is 4.74 Å². The van der Waals surface area contributed by atoms with Gasteiger partial charge in [0.15, 0.2) is 0 Å². The van der Waals surface area contributed by atoms with E-state index in [-0.39, 0.29) is 11.8 Å². The summed E-state index contributed by atoms with van der Waals surface area (Å²) in [7, 11) is 1.59. The number of ether oxygens (including phenoxy) is 1. The lowest BCUT2D eigenvalue weighted by atomic mass is 9.97. The van der Waals surface area contributed by atoms with Crippen LogP contribution in [0.1, 0.15) is 25.3 Å². The van der Waals surface area contributed by atoms with Crippen LogP contribution in [0.3, 0.4) is 0 Å². The number of methoxy groups -OCH3 is 1. The van der Waals surface area contributed by atoms with Gasteiger partial charge in [0.25, 0.3) is 0 Å². The van der Waals surface area contributed by atoms with Crippen LogP contribution in [0.25, 0.3) is 0 Å². The van der Waals surface area contributed by atoms with Crippen LogP contribution in [0, 0.1) is 0 Å². The summed E-state index contributed by atoms with van der Waals surface area (Å²) in [5.74, 6) is -0.102. The van der Waals surface area contributed by atoms with Crippen molar-refractivity contribution in [2.24, 2.45) is 0 Å². The number of hydrogen-bond donors (Lipinski definition) is 1. The molecule has 120 valence electrons. The Hall–Kier alpha value is -1.40. The van der Waals surface area contributed by atoms with Gasteiger partial charge in [0.2, 0.25) is 11.8 Å². The van der Waals surface area contributed by atoms with E-state index in [2.05, 4.69) is 21.2 Å². The van der Waals surface area contributed by atoms with Crippen LogP contribution in [-0.4, -0.2) is 42.5 Å². The van der Waals surface area contributed by atoms with Gasteiger partial charge in [-0.2, -0.15) is 0 Å². The van der Waals surface area contributed by atoms with Gasteiger partial charge in [-0.3, -0.25) is 9.59 Å². The highest BCUT2D eigenvalue weighted by molar-refractivity contribution is 9.10. The van der Waals surface area contributed by atoms with Gasteiger partial charge in [-0.1, -0.05) is 28.1 Å². The van der Waals surface area contributed by atoms with E-state index in [0.29, 0.717) is 32.5 Å². The molecule has 1 aliphatic rings. The summed E-state index contributed by atoms with van der Waals surface area (Å²) in [5, 5.41) is 2.85. The van der Waals surface area contributed by atoms with Crippen LogP contribution < -0.4 is 5.32 Å². The van der Waals surface area contributed by atoms with Crippen LogP contribution in [-0.2, 0) is 20.9 Å². The minimum absolute atomic E-state index is 0.0179. The molecule has 1 N–H and O–H groups in total. The Balaban J connectivity index is 2.12. The van der Waals surface area contributed by atoms with Crippen molar-refractivity contribution in [3.05, 3.63) is 34.3 Å². The van der Waals surface area contributed by atoms with Gasteiger partial charge in [0.1, 0.15) is 5.54 Å². The summed E-state index contributed by atoms with van der Waals surface area (Å²) < 4.78 is 5.91. The Morgan fingerprint density at radius 1 is 1.50 bits per heavy atom. The second kappa shape index (κ2) is 7.24. The topological polar surface area (TPSA) is 58.6 Å². The first-order valence-corrected chi connectivity index (χ1v) is 8.09. The highest BCUT2D eigenvalue weighted by Crippen LogP contribution is 2.32. The molecule has 0 radical (unpaired) electrons. The van der Waals surface area contributed by atoms with E-state index in [1.807, 2.05) is 31.2 Å². The summed E-state index contributed by atoms with van der Waals surface area (Å²) in [6.45, 7) is 3.18. The summed E-state index contributed by atoms with van der Waals surface area (Å²) >= 11 is 3.43. The van der Waals surface area contributed by atoms with Gasteiger partial charge in [-0.25, -0.2) is 0 Å². The lowest BCUT2D eigenvalue weighted by Crippen LogP contribution is -2.54. The molecular formula is C16H21BrN2O3. The molecule has 0 spiro atoms. The zero-order valence-electron chi connectivity index (χ0n) is 12.9. The summed E-state index contributed by atoms with van der Waals surface area (Å²) in [5.41, 5.74) is 0.202. The molecule has 2 amide bonds. The van der Waals surface area contributed by atoms with Crippen molar-refractivity contribution < 1.29 is 14.3 Å². The fourth-order valence-corrected chi connectivity index (χ4v) is 3.12. The number of amides is 2. The van der Waals surface area contributed by atoms with Gasteiger partial charge in [-0.05, 0) is 31.0 Å². The van der Waals surface area contributed by atoms with Crippen molar-refractivity contribution in [2.45, 2.75) is 31.8 Å². The van der Waals surface area contributed by atoms with Gasteiger partial charge >= 0.3 is 0 Å². The van der Waals surface area contributed by atoms with Gasteiger partial charge in [0, 0.05) is 31.1 Å². The van der Waals surface area contributed by atoms with E-state index in [9.17, 15) is 9.59 Å². The Bertz CT molecular complexity index is 564. The SMILES string of the molecule is COCCNC(=O)[C@@]1(C)CCC(=O)N1Cc1cccc(Br)c1. The number of likely N-dealkylation sites (tertiary alicyclic amines) is 1. The number of hydrogen-bond acceptors (Lipinski definition) is 3. The van der Waals surface area contributed by atoms with Crippen LogP contribution in [0.15, 0.2) is 28.7 Å². The molecule has 1 aliphatic heterocycles. The molecule has 0 bridgehead atoms. The molecule has 1 heterocycles. The second-order valence-electron chi connectivity index (χ2n) is 5.63. The van der Waals surface area contributed by atoms with Gasteiger partial charge in [-0.15, -0.1) is 0 Å². The molecule has 0 aromatic heterocycles. The van der Waals surface area contributed by atoms with Gasteiger partial charge in [0.05, 0.1) is 6.61 Å². The predicted molar refractivity (Wildman–Crippen MR) is 87.2 cm³/mol. The van der Waals surface area contributed by atoms with Crippen molar-refractivity contribution in [1.29, 1.82) is 0 Å². The molecule has 0 aliphatic carbocycles. The molecule has 0 unspecified atom stereocenters. The zero-order valence-corrected chi connectivity index (χ0v) is 14.5. The summed E-state index contributed by atoms with van der Waals surface area (Å²) in [6.07, 6.45) is 0.945.